The van der Waals surface area contributed by atoms with Gasteiger partial charge in [-0.05, 0) is 83.1 Å². The smallest absolute Gasteiger partial charge is 0.310 e. The van der Waals surface area contributed by atoms with E-state index in [1.54, 1.807) is 20.1 Å². The lowest BCUT2D eigenvalue weighted by Gasteiger charge is -2.37. The van der Waals surface area contributed by atoms with E-state index in [1.807, 2.05) is 12.1 Å². The summed E-state index contributed by atoms with van der Waals surface area (Å²) in [5.41, 5.74) is 3.45. The Kier molecular flexibility index (Phi) is 7.11. The first-order valence-corrected chi connectivity index (χ1v) is 9.66. The number of hydrogen-bond donors (Lipinski definition) is 1. The number of allylic oxidation sites excluding steroid dienone is 3. The van der Waals surface area contributed by atoms with Gasteiger partial charge in [0.2, 0.25) is 0 Å². The number of methoxy groups -OCH3 is 1. The number of carbonyl (C=O) groups is 1. The van der Waals surface area contributed by atoms with Gasteiger partial charge in [0.15, 0.2) is 0 Å². The minimum Gasteiger partial charge on any atom is -0.497 e. The third kappa shape index (κ3) is 5.88. The Labute approximate surface area is 162 Å². The fraction of sp³-hybridized carbons (Fsp3) is 0.522. The molecule has 0 aromatic heterocycles. The van der Waals surface area contributed by atoms with Crippen LogP contribution in [0.1, 0.15) is 57.6 Å². The normalized spacial score (nSPS) is 20.9. The molecule has 2 rings (SSSR count). The molecule has 0 spiro atoms. The van der Waals surface area contributed by atoms with Gasteiger partial charge >= 0.3 is 5.97 Å². The van der Waals surface area contributed by atoms with Crippen LogP contribution < -0.4 is 9.47 Å². The van der Waals surface area contributed by atoms with Crippen LogP contribution in [0.15, 0.2) is 35.9 Å². The van der Waals surface area contributed by atoms with Crippen molar-refractivity contribution in [2.24, 2.45) is 5.92 Å². The Bertz CT molecular complexity index is 732. The molecular weight excluding hydrogens is 340 g/mol. The standard InChI is InChI=1S/C23H32O4/c1-16(8-6-10-17(2)22(24)25)9-7-12-23(4)13-11-19-15-20(26-5)14-18(3)21(19)27-23/h6,9-10,14-15,17H,7-8,11-13H2,1-5H3,(H,24,25)/b10-6-,16-9+/t17?,23-/m1/s1. The highest BCUT2D eigenvalue weighted by molar-refractivity contribution is 5.71. The maximum absolute atomic E-state index is 10.8. The number of rotatable bonds is 8. The molecule has 0 saturated heterocycles. The molecule has 1 aromatic carbocycles. The largest absolute Gasteiger partial charge is 0.497 e. The fourth-order valence-corrected chi connectivity index (χ4v) is 3.38. The molecule has 1 aliphatic heterocycles. The predicted octanol–water partition coefficient (Wildman–Crippen LogP) is 5.48. The molecule has 1 aromatic rings. The van der Waals surface area contributed by atoms with Crippen LogP contribution in [0, 0.1) is 12.8 Å². The molecule has 2 atom stereocenters. The molecule has 4 nitrogen and oxygen atoms in total. The number of benzene rings is 1. The van der Waals surface area contributed by atoms with E-state index < -0.39 is 11.9 Å². The zero-order chi connectivity index (χ0) is 20.0. The maximum atomic E-state index is 10.8. The molecule has 27 heavy (non-hydrogen) atoms. The number of aliphatic carboxylic acids is 1. The number of ether oxygens (including phenoxy) is 2. The number of hydrogen-bond acceptors (Lipinski definition) is 3. The molecule has 0 saturated carbocycles. The Morgan fingerprint density at radius 1 is 1.44 bits per heavy atom. The molecular formula is C23H32O4. The molecule has 148 valence electrons. The summed E-state index contributed by atoms with van der Waals surface area (Å²) in [4.78, 5) is 10.8. The second-order valence-corrected chi connectivity index (χ2v) is 7.83. The van der Waals surface area contributed by atoms with Crippen LogP contribution in [0.4, 0.5) is 0 Å². The molecule has 1 N–H and O–H groups in total. The molecule has 1 heterocycles. The van der Waals surface area contributed by atoms with Crippen molar-refractivity contribution in [2.75, 3.05) is 7.11 Å². The van der Waals surface area contributed by atoms with Gasteiger partial charge in [0.05, 0.1) is 13.0 Å². The van der Waals surface area contributed by atoms with Crippen molar-refractivity contribution in [3.63, 3.8) is 0 Å². The monoisotopic (exact) mass is 372 g/mol. The van der Waals surface area contributed by atoms with Crippen LogP contribution in [0.25, 0.3) is 0 Å². The van der Waals surface area contributed by atoms with Crippen molar-refractivity contribution in [3.05, 3.63) is 47.1 Å². The molecule has 1 aliphatic rings. The van der Waals surface area contributed by atoms with E-state index in [2.05, 4.69) is 32.9 Å². The first kappa shape index (κ1) is 21.1. The zero-order valence-electron chi connectivity index (χ0n) is 17.2. The summed E-state index contributed by atoms with van der Waals surface area (Å²) in [7, 11) is 1.70. The van der Waals surface area contributed by atoms with Crippen molar-refractivity contribution in [3.8, 4) is 11.5 Å². The average molecular weight is 373 g/mol. The molecule has 0 radical (unpaired) electrons. The number of fused-ring (bicyclic) bond motifs is 1. The number of carboxylic acids is 1. The van der Waals surface area contributed by atoms with E-state index in [0.29, 0.717) is 0 Å². The van der Waals surface area contributed by atoms with E-state index in [9.17, 15) is 4.79 Å². The van der Waals surface area contributed by atoms with Gasteiger partial charge < -0.3 is 14.6 Å². The van der Waals surface area contributed by atoms with Gasteiger partial charge in [-0.1, -0.05) is 23.8 Å². The minimum atomic E-state index is -0.788. The van der Waals surface area contributed by atoms with Crippen LogP contribution in [-0.4, -0.2) is 23.8 Å². The summed E-state index contributed by atoms with van der Waals surface area (Å²) >= 11 is 0. The lowest BCUT2D eigenvalue weighted by atomic mass is 9.87. The predicted molar refractivity (Wildman–Crippen MR) is 109 cm³/mol. The van der Waals surface area contributed by atoms with Crippen LogP contribution >= 0.6 is 0 Å². The van der Waals surface area contributed by atoms with Crippen LogP contribution in [0.2, 0.25) is 0 Å². The number of carboxylic acid groups (broad SMARTS) is 1. The van der Waals surface area contributed by atoms with Gasteiger partial charge in [0.1, 0.15) is 17.1 Å². The summed E-state index contributed by atoms with van der Waals surface area (Å²) in [6, 6.07) is 4.11. The van der Waals surface area contributed by atoms with Gasteiger partial charge in [-0.25, -0.2) is 0 Å². The van der Waals surface area contributed by atoms with Crippen molar-refractivity contribution in [1.29, 1.82) is 0 Å². The van der Waals surface area contributed by atoms with Gasteiger partial charge in [-0.3, -0.25) is 4.79 Å². The maximum Gasteiger partial charge on any atom is 0.310 e. The van der Waals surface area contributed by atoms with Gasteiger partial charge in [0, 0.05) is 0 Å². The highest BCUT2D eigenvalue weighted by atomic mass is 16.5. The van der Waals surface area contributed by atoms with Crippen molar-refractivity contribution >= 4 is 5.97 Å². The van der Waals surface area contributed by atoms with Crippen LogP contribution in [-0.2, 0) is 11.2 Å². The molecule has 0 aliphatic carbocycles. The minimum absolute atomic E-state index is 0.156. The molecule has 4 heteroatoms. The van der Waals surface area contributed by atoms with Crippen molar-refractivity contribution in [1.82, 2.24) is 0 Å². The van der Waals surface area contributed by atoms with Crippen molar-refractivity contribution in [2.45, 2.75) is 65.4 Å². The van der Waals surface area contributed by atoms with Gasteiger partial charge in [-0.2, -0.15) is 0 Å². The highest BCUT2D eigenvalue weighted by Crippen LogP contribution is 2.40. The summed E-state index contributed by atoms with van der Waals surface area (Å²) < 4.78 is 11.8. The van der Waals surface area contributed by atoms with Crippen LogP contribution in [0.3, 0.4) is 0 Å². The summed E-state index contributed by atoms with van der Waals surface area (Å²) in [6.07, 6.45) is 10.6. The SMILES string of the molecule is COc1cc(C)c2c(c1)CC[C@@](C)(CC/C=C(\C)C/C=C\C(C)C(=O)O)O2. The number of aryl methyl sites for hydroxylation is 2. The quantitative estimate of drug-likeness (QED) is 0.614. The first-order valence-electron chi connectivity index (χ1n) is 9.66. The average Bonchev–Trinajstić information content (AvgIpc) is 2.62. The Morgan fingerprint density at radius 2 is 2.19 bits per heavy atom. The van der Waals surface area contributed by atoms with Crippen molar-refractivity contribution < 1.29 is 19.4 Å². The van der Waals surface area contributed by atoms with E-state index in [1.165, 1.54) is 11.1 Å². The molecule has 0 fully saturated rings. The van der Waals surface area contributed by atoms with E-state index in [0.717, 1.165) is 49.2 Å². The lowest BCUT2D eigenvalue weighted by molar-refractivity contribution is -0.139. The van der Waals surface area contributed by atoms with Gasteiger partial charge in [-0.15, -0.1) is 0 Å². The second-order valence-electron chi connectivity index (χ2n) is 7.83. The van der Waals surface area contributed by atoms with Gasteiger partial charge in [0.25, 0.3) is 0 Å². The van der Waals surface area contributed by atoms with E-state index in [-0.39, 0.29) is 5.60 Å². The summed E-state index contributed by atoms with van der Waals surface area (Å²) in [6.45, 7) is 8.04. The Hall–Kier alpha value is -2.23. The third-order valence-electron chi connectivity index (χ3n) is 5.25. The summed E-state index contributed by atoms with van der Waals surface area (Å²) in [5.74, 6) is 0.677. The van der Waals surface area contributed by atoms with E-state index >= 15 is 0 Å². The summed E-state index contributed by atoms with van der Waals surface area (Å²) in [5, 5.41) is 8.89. The molecule has 0 bridgehead atoms. The first-order chi connectivity index (χ1) is 12.7. The zero-order valence-corrected chi connectivity index (χ0v) is 17.2. The Morgan fingerprint density at radius 3 is 2.85 bits per heavy atom. The third-order valence-corrected chi connectivity index (χ3v) is 5.25. The highest BCUT2D eigenvalue weighted by Gasteiger charge is 2.32. The Balaban J connectivity index is 1.91. The second kappa shape index (κ2) is 9.12. The fourth-order valence-electron chi connectivity index (χ4n) is 3.38. The van der Waals surface area contributed by atoms with E-state index in [4.69, 9.17) is 14.6 Å². The van der Waals surface area contributed by atoms with Crippen LogP contribution in [0.5, 0.6) is 11.5 Å². The topological polar surface area (TPSA) is 55.8 Å². The molecule has 1 unspecified atom stereocenters. The lowest BCUT2D eigenvalue weighted by Crippen LogP contribution is -2.36. The molecule has 0 amide bonds.